The first-order valence-electron chi connectivity index (χ1n) is 8.55. The van der Waals surface area contributed by atoms with Crippen molar-refractivity contribution >= 4 is 0 Å². The fourth-order valence-electron chi connectivity index (χ4n) is 4.25. The molecule has 124 valence electrons. The van der Waals surface area contributed by atoms with Crippen molar-refractivity contribution in [3.05, 3.63) is 0 Å². The lowest BCUT2D eigenvalue weighted by atomic mass is 9.82. The molecule has 21 heavy (non-hydrogen) atoms. The summed E-state index contributed by atoms with van der Waals surface area (Å²) in [6.45, 7) is 15.6. The Kier molecular flexibility index (Phi) is 5.04. The number of likely N-dealkylation sites (N-methyl/N-ethyl adjacent to an activating group) is 1. The predicted molar refractivity (Wildman–Crippen MR) is 88.5 cm³/mol. The van der Waals surface area contributed by atoms with E-state index in [0.29, 0.717) is 12.0 Å². The molecule has 4 heteroatoms. The van der Waals surface area contributed by atoms with Gasteiger partial charge in [-0.25, -0.2) is 0 Å². The lowest BCUT2D eigenvalue weighted by Crippen LogP contribution is -2.51. The van der Waals surface area contributed by atoms with Gasteiger partial charge in [0.15, 0.2) is 0 Å². The van der Waals surface area contributed by atoms with Crippen LogP contribution in [-0.2, 0) is 4.74 Å². The average molecular weight is 297 g/mol. The molecule has 0 radical (unpaired) electrons. The van der Waals surface area contributed by atoms with Crippen LogP contribution in [0, 0.1) is 5.92 Å². The fraction of sp³-hybridized carbons (Fsp3) is 1.00. The van der Waals surface area contributed by atoms with Crippen molar-refractivity contribution in [2.45, 2.75) is 70.7 Å². The molecule has 3 atom stereocenters. The van der Waals surface area contributed by atoms with Gasteiger partial charge in [0.2, 0.25) is 0 Å². The quantitative estimate of drug-likeness (QED) is 0.864. The summed E-state index contributed by atoms with van der Waals surface area (Å²) in [6, 6.07) is 0.746. The smallest absolute Gasteiger partial charge is 0.0788 e. The zero-order chi connectivity index (χ0) is 15.8. The van der Waals surface area contributed by atoms with Gasteiger partial charge >= 0.3 is 0 Å². The Morgan fingerprint density at radius 2 is 1.81 bits per heavy atom. The molecule has 0 saturated carbocycles. The second-order valence-electron chi connectivity index (χ2n) is 8.11. The zero-order valence-corrected chi connectivity index (χ0v) is 14.9. The average Bonchev–Trinajstić information content (AvgIpc) is 2.51. The third-order valence-electron chi connectivity index (χ3n) is 5.58. The fourth-order valence-corrected chi connectivity index (χ4v) is 4.25. The molecule has 3 unspecified atom stereocenters. The first-order valence-corrected chi connectivity index (χ1v) is 8.55. The number of rotatable bonds is 3. The molecule has 2 N–H and O–H groups in total. The SMILES string of the molecule is CCC1CN(C)CCCN1CC1C(N)C(C)(C)OC1(C)C. The Balaban J connectivity index is 2.11. The van der Waals surface area contributed by atoms with E-state index in [4.69, 9.17) is 10.5 Å². The molecule has 4 nitrogen and oxygen atoms in total. The van der Waals surface area contributed by atoms with Crippen molar-refractivity contribution in [2.75, 3.05) is 33.2 Å². The van der Waals surface area contributed by atoms with Crippen LogP contribution in [0.4, 0.5) is 0 Å². The van der Waals surface area contributed by atoms with Gasteiger partial charge in [0.05, 0.1) is 11.2 Å². The standard InChI is InChI=1S/C17H35N3O/c1-7-13-11-19(6)9-8-10-20(13)12-14-15(18)17(4,5)21-16(14,2)3/h13-15H,7-12,18H2,1-6H3. The number of ether oxygens (including phenoxy) is 1. The van der Waals surface area contributed by atoms with Crippen molar-refractivity contribution in [2.24, 2.45) is 11.7 Å². The Hall–Kier alpha value is -0.160. The van der Waals surface area contributed by atoms with Crippen molar-refractivity contribution in [3.8, 4) is 0 Å². The lowest BCUT2D eigenvalue weighted by Gasteiger charge is -2.36. The van der Waals surface area contributed by atoms with Gasteiger partial charge in [0.1, 0.15) is 0 Å². The molecule has 0 aromatic rings. The van der Waals surface area contributed by atoms with Gasteiger partial charge in [-0.05, 0) is 60.7 Å². The number of nitrogens with zero attached hydrogens (tertiary/aromatic N) is 2. The van der Waals surface area contributed by atoms with Crippen LogP contribution in [0.2, 0.25) is 0 Å². The van der Waals surface area contributed by atoms with Gasteiger partial charge in [0.25, 0.3) is 0 Å². The normalized spacial score (nSPS) is 37.6. The second kappa shape index (κ2) is 6.15. The maximum absolute atomic E-state index is 6.54. The predicted octanol–water partition coefficient (Wildman–Crippen LogP) is 1.93. The molecular weight excluding hydrogens is 262 g/mol. The van der Waals surface area contributed by atoms with E-state index in [9.17, 15) is 0 Å². The van der Waals surface area contributed by atoms with Crippen LogP contribution in [-0.4, -0.2) is 66.3 Å². The minimum absolute atomic E-state index is 0.103. The summed E-state index contributed by atoms with van der Waals surface area (Å²) < 4.78 is 6.26. The lowest BCUT2D eigenvalue weighted by molar-refractivity contribution is -0.0792. The molecular formula is C17H35N3O. The van der Waals surface area contributed by atoms with E-state index in [1.54, 1.807) is 0 Å². The summed E-state index contributed by atoms with van der Waals surface area (Å²) in [6.07, 6.45) is 2.45. The van der Waals surface area contributed by atoms with Crippen LogP contribution in [0.5, 0.6) is 0 Å². The summed E-state index contributed by atoms with van der Waals surface area (Å²) in [5, 5.41) is 0. The summed E-state index contributed by atoms with van der Waals surface area (Å²) in [7, 11) is 2.24. The minimum Gasteiger partial charge on any atom is -0.368 e. The van der Waals surface area contributed by atoms with Gasteiger partial charge in [-0.1, -0.05) is 6.92 Å². The zero-order valence-electron chi connectivity index (χ0n) is 14.9. The van der Waals surface area contributed by atoms with Gasteiger partial charge < -0.3 is 15.4 Å². The highest BCUT2D eigenvalue weighted by Gasteiger charge is 2.52. The van der Waals surface area contributed by atoms with Gasteiger partial charge in [0, 0.05) is 31.1 Å². The second-order valence-corrected chi connectivity index (χ2v) is 8.11. The first kappa shape index (κ1) is 17.2. The maximum Gasteiger partial charge on any atom is 0.0788 e. The first-order chi connectivity index (χ1) is 9.67. The van der Waals surface area contributed by atoms with E-state index < -0.39 is 0 Å². The molecule has 0 aromatic carbocycles. The highest BCUT2D eigenvalue weighted by molar-refractivity contribution is 5.05. The van der Waals surface area contributed by atoms with Gasteiger partial charge in [-0.2, -0.15) is 0 Å². The molecule has 0 bridgehead atoms. The Morgan fingerprint density at radius 3 is 2.33 bits per heavy atom. The highest BCUT2D eigenvalue weighted by Crippen LogP contribution is 2.41. The van der Waals surface area contributed by atoms with Crippen LogP contribution >= 0.6 is 0 Å². The van der Waals surface area contributed by atoms with Crippen molar-refractivity contribution < 1.29 is 4.74 Å². The highest BCUT2D eigenvalue weighted by atomic mass is 16.5. The van der Waals surface area contributed by atoms with Crippen LogP contribution in [0.1, 0.15) is 47.5 Å². The van der Waals surface area contributed by atoms with Crippen molar-refractivity contribution in [1.29, 1.82) is 0 Å². The topological polar surface area (TPSA) is 41.7 Å². The Bertz CT molecular complexity index is 356. The van der Waals surface area contributed by atoms with Crippen molar-refractivity contribution in [1.82, 2.24) is 9.80 Å². The Labute approximate surface area is 131 Å². The van der Waals surface area contributed by atoms with Crippen LogP contribution in [0.25, 0.3) is 0 Å². The monoisotopic (exact) mass is 297 g/mol. The molecule has 2 saturated heterocycles. The molecule has 2 fully saturated rings. The number of hydrogen-bond acceptors (Lipinski definition) is 4. The number of hydrogen-bond donors (Lipinski definition) is 1. The summed E-state index contributed by atoms with van der Waals surface area (Å²) >= 11 is 0. The molecule has 2 aliphatic heterocycles. The molecule has 0 aliphatic carbocycles. The molecule has 2 rings (SSSR count). The van der Waals surface area contributed by atoms with E-state index in [-0.39, 0.29) is 17.2 Å². The summed E-state index contributed by atoms with van der Waals surface area (Å²) in [5.41, 5.74) is 6.18. The minimum atomic E-state index is -0.224. The summed E-state index contributed by atoms with van der Waals surface area (Å²) in [4.78, 5) is 5.13. The molecule has 0 aromatic heterocycles. The third-order valence-corrected chi connectivity index (χ3v) is 5.58. The van der Waals surface area contributed by atoms with Crippen LogP contribution in [0.15, 0.2) is 0 Å². The van der Waals surface area contributed by atoms with Crippen LogP contribution in [0.3, 0.4) is 0 Å². The Morgan fingerprint density at radius 1 is 1.14 bits per heavy atom. The third kappa shape index (κ3) is 3.61. The van der Waals surface area contributed by atoms with E-state index >= 15 is 0 Å². The van der Waals surface area contributed by atoms with Gasteiger partial charge in [-0.3, -0.25) is 4.90 Å². The van der Waals surface area contributed by atoms with E-state index in [1.165, 1.54) is 32.5 Å². The van der Waals surface area contributed by atoms with E-state index in [0.717, 1.165) is 6.54 Å². The van der Waals surface area contributed by atoms with Crippen molar-refractivity contribution in [3.63, 3.8) is 0 Å². The molecule has 0 spiro atoms. The van der Waals surface area contributed by atoms with Gasteiger partial charge in [-0.15, -0.1) is 0 Å². The van der Waals surface area contributed by atoms with Crippen LogP contribution < -0.4 is 5.73 Å². The largest absolute Gasteiger partial charge is 0.368 e. The molecule has 2 heterocycles. The van der Waals surface area contributed by atoms with E-state index in [2.05, 4.69) is 51.5 Å². The summed E-state index contributed by atoms with van der Waals surface area (Å²) in [5.74, 6) is 0.393. The van der Waals surface area contributed by atoms with E-state index in [1.807, 2.05) is 0 Å². The molecule has 2 aliphatic rings. The maximum atomic E-state index is 6.54. The number of nitrogens with two attached hydrogens (primary N) is 1. The molecule has 0 amide bonds.